The first-order valence-corrected chi connectivity index (χ1v) is 6.29. The normalized spacial score (nSPS) is 14.1. The number of nitrogens with zero attached hydrogens (tertiary/aromatic N) is 2. The third-order valence-corrected chi connectivity index (χ3v) is 3.44. The van der Waals surface area contributed by atoms with E-state index in [1.54, 1.807) is 6.26 Å². The van der Waals surface area contributed by atoms with Crippen molar-refractivity contribution in [3.63, 3.8) is 0 Å². The van der Waals surface area contributed by atoms with Gasteiger partial charge < -0.3 is 5.32 Å². The van der Waals surface area contributed by atoms with Crippen LogP contribution in [0.4, 0.5) is 11.4 Å². The van der Waals surface area contributed by atoms with E-state index in [0.717, 1.165) is 0 Å². The number of pyridine rings is 1. The van der Waals surface area contributed by atoms with Crippen LogP contribution in [0.15, 0.2) is 18.5 Å². The lowest BCUT2D eigenvalue weighted by Gasteiger charge is -2.10. The molecular weight excluding hydrogens is 230 g/mol. The van der Waals surface area contributed by atoms with Crippen LogP contribution < -0.4 is 5.32 Å². The largest absolute Gasteiger partial charge is 0.378 e. The molecule has 0 aromatic carbocycles. The fourth-order valence-corrected chi connectivity index (χ4v) is 1.37. The predicted molar refractivity (Wildman–Crippen MR) is 62.9 cm³/mol. The van der Waals surface area contributed by atoms with Crippen LogP contribution in [0.1, 0.15) is 6.92 Å². The van der Waals surface area contributed by atoms with Gasteiger partial charge in [-0.15, -0.1) is 0 Å². The lowest BCUT2D eigenvalue weighted by Crippen LogP contribution is -2.21. The molecule has 0 amide bonds. The Morgan fingerprint density at radius 1 is 1.69 bits per heavy atom. The van der Waals surface area contributed by atoms with Gasteiger partial charge in [-0.2, -0.15) is 0 Å². The molecule has 0 radical (unpaired) electrons. The number of aromatic nitrogens is 1. The van der Waals surface area contributed by atoms with Crippen molar-refractivity contribution in [2.45, 2.75) is 12.2 Å². The Hall–Kier alpha value is -1.50. The summed E-state index contributed by atoms with van der Waals surface area (Å²) < 4.78 is 11.1. The molecule has 0 fully saturated rings. The first kappa shape index (κ1) is 12.6. The van der Waals surface area contributed by atoms with E-state index < -0.39 is 15.7 Å². The fraction of sp³-hybridized carbons (Fsp3) is 0.444. The van der Waals surface area contributed by atoms with Gasteiger partial charge >= 0.3 is 5.69 Å². The molecule has 1 N–H and O–H groups in total. The average Bonchev–Trinajstić information content (AvgIpc) is 2.25. The Balaban J connectivity index is 2.74. The highest BCUT2D eigenvalue weighted by atomic mass is 32.2. The van der Waals surface area contributed by atoms with E-state index in [0.29, 0.717) is 12.2 Å². The summed E-state index contributed by atoms with van der Waals surface area (Å²) in [7, 11) is -0.949. The van der Waals surface area contributed by atoms with Crippen molar-refractivity contribution in [3.8, 4) is 0 Å². The molecule has 7 heteroatoms. The molecule has 1 aromatic rings. The van der Waals surface area contributed by atoms with Crippen molar-refractivity contribution in [2.75, 3.05) is 18.1 Å². The lowest BCUT2D eigenvalue weighted by molar-refractivity contribution is -0.384. The van der Waals surface area contributed by atoms with Gasteiger partial charge in [-0.3, -0.25) is 19.3 Å². The van der Waals surface area contributed by atoms with Gasteiger partial charge in [-0.05, 0) is 13.0 Å². The van der Waals surface area contributed by atoms with Gasteiger partial charge in [0, 0.05) is 35.0 Å². The van der Waals surface area contributed by atoms with Crippen LogP contribution in [0.3, 0.4) is 0 Å². The van der Waals surface area contributed by atoms with Crippen LogP contribution in [0.2, 0.25) is 0 Å². The molecule has 0 bridgehead atoms. The van der Waals surface area contributed by atoms with Crippen molar-refractivity contribution in [1.29, 1.82) is 0 Å². The topological polar surface area (TPSA) is 85.1 Å². The Bertz CT molecular complexity index is 411. The summed E-state index contributed by atoms with van der Waals surface area (Å²) in [5.41, 5.74) is 0.328. The summed E-state index contributed by atoms with van der Waals surface area (Å²) in [6.45, 7) is 2.24. The molecule has 0 aliphatic heterocycles. The highest BCUT2D eigenvalue weighted by Gasteiger charge is 2.14. The van der Waals surface area contributed by atoms with E-state index >= 15 is 0 Å². The first-order chi connectivity index (χ1) is 7.52. The molecule has 2 unspecified atom stereocenters. The van der Waals surface area contributed by atoms with E-state index in [1.807, 2.05) is 6.92 Å². The van der Waals surface area contributed by atoms with Gasteiger partial charge in [-0.25, -0.2) is 0 Å². The lowest BCUT2D eigenvalue weighted by atomic mass is 10.3. The van der Waals surface area contributed by atoms with Crippen LogP contribution in [-0.4, -0.2) is 32.2 Å². The van der Waals surface area contributed by atoms with Gasteiger partial charge in [0.1, 0.15) is 11.9 Å². The second kappa shape index (κ2) is 5.55. The highest BCUT2D eigenvalue weighted by Crippen LogP contribution is 2.21. The van der Waals surface area contributed by atoms with Gasteiger partial charge in [0.05, 0.1) is 4.92 Å². The van der Waals surface area contributed by atoms with Gasteiger partial charge in [-0.1, -0.05) is 0 Å². The third-order valence-electron chi connectivity index (χ3n) is 2.14. The molecule has 2 atom stereocenters. The standard InChI is InChI=1S/C9H13N3O3S/c1-7(16(2)15)5-11-8-3-4-10-6-9(8)12(13)14/h3-4,6-7H,5H2,1-2H3,(H,10,11). The maximum Gasteiger partial charge on any atom is 0.310 e. The second-order valence-corrected chi connectivity index (χ2v) is 5.14. The molecular formula is C9H13N3O3S. The van der Waals surface area contributed by atoms with E-state index in [1.165, 1.54) is 18.5 Å². The Morgan fingerprint density at radius 2 is 2.38 bits per heavy atom. The summed E-state index contributed by atoms with van der Waals surface area (Å²) in [5, 5.41) is 13.5. The van der Waals surface area contributed by atoms with Gasteiger partial charge in [0.25, 0.3) is 0 Å². The van der Waals surface area contributed by atoms with Crippen LogP contribution in [0, 0.1) is 10.1 Å². The van der Waals surface area contributed by atoms with Crippen molar-refractivity contribution < 1.29 is 9.13 Å². The van der Waals surface area contributed by atoms with Crippen LogP contribution >= 0.6 is 0 Å². The SMILES string of the molecule is CC(CNc1ccncc1[N+](=O)[O-])S(C)=O. The summed E-state index contributed by atoms with van der Waals surface area (Å²) in [6.07, 6.45) is 4.27. The van der Waals surface area contributed by atoms with Gasteiger partial charge in [0.15, 0.2) is 0 Å². The predicted octanol–water partition coefficient (Wildman–Crippen LogP) is 1.17. The number of hydrogen-bond acceptors (Lipinski definition) is 5. The Morgan fingerprint density at radius 3 is 2.94 bits per heavy atom. The number of nitro groups is 1. The van der Waals surface area contributed by atoms with Crippen molar-refractivity contribution in [3.05, 3.63) is 28.6 Å². The zero-order valence-electron chi connectivity index (χ0n) is 9.04. The summed E-state index contributed by atoms with van der Waals surface area (Å²) in [6, 6.07) is 1.53. The fourth-order valence-electron chi connectivity index (χ4n) is 1.05. The van der Waals surface area contributed by atoms with E-state index in [4.69, 9.17) is 0 Å². The van der Waals surface area contributed by atoms with E-state index in [9.17, 15) is 14.3 Å². The zero-order chi connectivity index (χ0) is 12.1. The number of hydrogen-bond donors (Lipinski definition) is 1. The zero-order valence-corrected chi connectivity index (χ0v) is 9.86. The summed E-state index contributed by atoms with van der Waals surface area (Å²) >= 11 is 0. The maximum atomic E-state index is 11.1. The van der Waals surface area contributed by atoms with E-state index in [2.05, 4.69) is 10.3 Å². The Labute approximate surface area is 95.7 Å². The van der Waals surface area contributed by atoms with E-state index in [-0.39, 0.29) is 10.9 Å². The van der Waals surface area contributed by atoms with Crippen LogP contribution in [0.25, 0.3) is 0 Å². The van der Waals surface area contributed by atoms with Crippen molar-refractivity contribution in [1.82, 2.24) is 4.98 Å². The molecule has 1 heterocycles. The van der Waals surface area contributed by atoms with Crippen LogP contribution in [0.5, 0.6) is 0 Å². The molecule has 0 saturated carbocycles. The maximum absolute atomic E-state index is 11.1. The first-order valence-electron chi connectivity index (χ1n) is 4.67. The average molecular weight is 243 g/mol. The monoisotopic (exact) mass is 243 g/mol. The molecule has 0 aliphatic rings. The quantitative estimate of drug-likeness (QED) is 0.619. The molecule has 0 saturated heterocycles. The van der Waals surface area contributed by atoms with Gasteiger partial charge in [0.2, 0.25) is 0 Å². The smallest absolute Gasteiger partial charge is 0.310 e. The number of rotatable bonds is 5. The minimum atomic E-state index is -0.949. The molecule has 16 heavy (non-hydrogen) atoms. The number of anilines is 1. The molecule has 1 rings (SSSR count). The minimum Gasteiger partial charge on any atom is -0.378 e. The molecule has 88 valence electrons. The highest BCUT2D eigenvalue weighted by molar-refractivity contribution is 7.84. The summed E-state index contributed by atoms with van der Waals surface area (Å²) in [4.78, 5) is 13.9. The summed E-state index contributed by atoms with van der Waals surface area (Å²) in [5.74, 6) is 0. The Kier molecular flexibility index (Phi) is 4.36. The minimum absolute atomic E-state index is 0.0623. The number of nitrogens with one attached hydrogen (secondary N) is 1. The molecule has 0 aliphatic carbocycles. The molecule has 1 aromatic heterocycles. The molecule has 0 spiro atoms. The molecule has 6 nitrogen and oxygen atoms in total. The van der Waals surface area contributed by atoms with Crippen LogP contribution in [-0.2, 0) is 10.8 Å². The van der Waals surface area contributed by atoms with Crippen molar-refractivity contribution in [2.24, 2.45) is 0 Å². The van der Waals surface area contributed by atoms with Crippen molar-refractivity contribution >= 4 is 22.2 Å². The second-order valence-electron chi connectivity index (χ2n) is 3.34. The third kappa shape index (κ3) is 3.27.